The van der Waals surface area contributed by atoms with Gasteiger partial charge >= 0.3 is 0 Å². The van der Waals surface area contributed by atoms with Crippen LogP contribution < -0.4 is 4.90 Å². The van der Waals surface area contributed by atoms with Crippen LogP contribution in [0.2, 0.25) is 0 Å². The second kappa shape index (κ2) is 3.98. The molecule has 0 saturated heterocycles. The number of halogens is 1. The van der Waals surface area contributed by atoms with Gasteiger partial charge in [0.05, 0.1) is 8.98 Å². The fraction of sp³-hybridized carbons (Fsp3) is 0.300. The van der Waals surface area contributed by atoms with Crippen LogP contribution in [0.3, 0.4) is 0 Å². The minimum absolute atomic E-state index is 0.616. The van der Waals surface area contributed by atoms with Gasteiger partial charge in [0, 0.05) is 19.7 Å². The molecule has 0 aromatic carbocycles. The van der Waals surface area contributed by atoms with E-state index in [2.05, 4.69) is 15.9 Å². The molecule has 0 bridgehead atoms. The zero-order chi connectivity index (χ0) is 11.0. The summed E-state index contributed by atoms with van der Waals surface area (Å²) in [5, 5.41) is 0. The second-order valence-electron chi connectivity index (χ2n) is 3.20. The van der Waals surface area contributed by atoms with Gasteiger partial charge in [0.25, 0.3) is 0 Å². The van der Waals surface area contributed by atoms with Gasteiger partial charge in [-0.2, -0.15) is 0 Å². The summed E-state index contributed by atoms with van der Waals surface area (Å²) < 4.78 is 12.4. The monoisotopic (exact) mass is 287 g/mol. The Labute approximate surface area is 101 Å². The summed E-state index contributed by atoms with van der Waals surface area (Å²) in [6.45, 7) is 2.91. The molecule has 80 valence electrons. The molecule has 2 rings (SSSR count). The molecule has 0 aliphatic heterocycles. The molecule has 0 spiro atoms. The van der Waals surface area contributed by atoms with Gasteiger partial charge in [-0.3, -0.25) is 0 Å². The Kier molecular flexibility index (Phi) is 2.84. The topological polar surface area (TPSA) is 29.5 Å². The molecule has 0 radical (unpaired) electrons. The Morgan fingerprint density at radius 1 is 1.47 bits per heavy atom. The first-order chi connectivity index (χ1) is 7.13. The van der Waals surface area contributed by atoms with E-state index < -0.39 is 0 Å². The van der Waals surface area contributed by atoms with Crippen LogP contribution in [-0.4, -0.2) is 13.6 Å². The van der Waals surface area contributed by atoms with Crippen molar-refractivity contribution in [2.45, 2.75) is 6.92 Å². The maximum atomic E-state index is 5.68. The third-order valence-corrected chi connectivity index (χ3v) is 3.09. The molecular weight excluding hydrogens is 278 g/mol. The quantitative estimate of drug-likeness (QED) is 0.782. The lowest BCUT2D eigenvalue weighted by molar-refractivity contribution is 0.572. The van der Waals surface area contributed by atoms with Crippen molar-refractivity contribution in [2.75, 3.05) is 18.5 Å². The van der Waals surface area contributed by atoms with Crippen LogP contribution in [0, 0.1) is 4.51 Å². The normalized spacial score (nSPS) is 10.9. The smallest absolute Gasteiger partial charge is 0.197 e. The molecule has 0 aliphatic carbocycles. The lowest BCUT2D eigenvalue weighted by Gasteiger charge is -2.14. The first-order valence-corrected chi connectivity index (χ1v) is 5.75. The third kappa shape index (κ3) is 1.81. The van der Waals surface area contributed by atoms with Crippen LogP contribution in [0.25, 0.3) is 11.2 Å². The average Bonchev–Trinajstić information content (AvgIpc) is 2.60. The van der Waals surface area contributed by atoms with E-state index in [0.717, 1.165) is 16.9 Å². The molecule has 0 saturated carbocycles. The molecule has 0 aliphatic rings. The number of hydrogen-bond acceptors (Lipinski definition) is 4. The van der Waals surface area contributed by atoms with Crippen molar-refractivity contribution in [2.24, 2.45) is 0 Å². The first-order valence-electron chi connectivity index (χ1n) is 4.55. The van der Waals surface area contributed by atoms with Crippen molar-refractivity contribution in [1.29, 1.82) is 0 Å². The number of anilines is 1. The highest BCUT2D eigenvalue weighted by molar-refractivity contribution is 9.10. The number of fused-ring (bicyclic) bond motifs is 1. The molecule has 0 unspecified atom stereocenters. The lowest BCUT2D eigenvalue weighted by atomic mass is 10.4. The SMILES string of the molecule is CCN(C)c1cc(=S)c2occ(Br)c2o1. The Morgan fingerprint density at radius 2 is 2.20 bits per heavy atom. The van der Waals surface area contributed by atoms with Gasteiger partial charge in [-0.15, -0.1) is 0 Å². The van der Waals surface area contributed by atoms with Crippen LogP contribution in [0.1, 0.15) is 6.92 Å². The number of hydrogen-bond donors (Lipinski definition) is 0. The number of furan rings is 1. The van der Waals surface area contributed by atoms with Gasteiger partial charge in [0.1, 0.15) is 6.26 Å². The molecule has 0 fully saturated rings. The molecule has 0 atom stereocenters. The largest absolute Gasteiger partial charge is 0.458 e. The molecule has 0 N–H and O–H groups in total. The summed E-state index contributed by atoms with van der Waals surface area (Å²) >= 11 is 8.57. The molecule has 2 aromatic heterocycles. The fourth-order valence-electron chi connectivity index (χ4n) is 1.25. The molecule has 15 heavy (non-hydrogen) atoms. The highest BCUT2D eigenvalue weighted by Crippen LogP contribution is 2.30. The number of nitrogens with zero attached hydrogens (tertiary/aromatic N) is 1. The van der Waals surface area contributed by atoms with Crippen LogP contribution in [0.5, 0.6) is 0 Å². The molecular formula is C10H10BrNO2S. The van der Waals surface area contributed by atoms with Crippen molar-refractivity contribution in [1.82, 2.24) is 0 Å². The second-order valence-corrected chi connectivity index (χ2v) is 4.50. The Morgan fingerprint density at radius 3 is 2.87 bits per heavy atom. The van der Waals surface area contributed by atoms with Crippen molar-refractivity contribution >= 4 is 45.2 Å². The van der Waals surface area contributed by atoms with E-state index in [0.29, 0.717) is 15.7 Å². The molecule has 3 nitrogen and oxygen atoms in total. The molecule has 2 aromatic rings. The summed E-state index contributed by atoms with van der Waals surface area (Å²) in [5.74, 6) is 0.747. The van der Waals surface area contributed by atoms with Crippen molar-refractivity contribution < 1.29 is 8.83 Å². The third-order valence-electron chi connectivity index (χ3n) is 2.24. The van der Waals surface area contributed by atoms with Gasteiger partial charge in [-0.25, -0.2) is 0 Å². The minimum atomic E-state index is 0.616. The van der Waals surface area contributed by atoms with E-state index in [4.69, 9.17) is 21.1 Å². The standard InChI is InChI=1S/C10H10BrNO2S/c1-3-12(2)8-4-7(15)10-9(14-8)6(11)5-13-10/h4-5H,3H2,1-2H3. The van der Waals surface area contributed by atoms with Gasteiger partial charge in [-0.1, -0.05) is 12.2 Å². The van der Waals surface area contributed by atoms with Crippen molar-refractivity contribution in [3.8, 4) is 0 Å². The summed E-state index contributed by atoms with van der Waals surface area (Å²) in [7, 11) is 1.95. The van der Waals surface area contributed by atoms with Gasteiger partial charge in [0.2, 0.25) is 0 Å². The van der Waals surface area contributed by atoms with Crippen LogP contribution in [0.15, 0.2) is 25.6 Å². The zero-order valence-electron chi connectivity index (χ0n) is 8.41. The lowest BCUT2D eigenvalue weighted by Crippen LogP contribution is -2.15. The van der Waals surface area contributed by atoms with E-state index in [1.54, 1.807) is 12.3 Å². The predicted molar refractivity (Wildman–Crippen MR) is 66.0 cm³/mol. The first kappa shape index (κ1) is 10.7. The van der Waals surface area contributed by atoms with E-state index in [-0.39, 0.29) is 0 Å². The fourth-order valence-corrected chi connectivity index (χ4v) is 1.84. The summed E-state index contributed by atoms with van der Waals surface area (Å²) in [4.78, 5) is 1.98. The zero-order valence-corrected chi connectivity index (χ0v) is 10.8. The highest BCUT2D eigenvalue weighted by Gasteiger charge is 2.11. The summed E-state index contributed by atoms with van der Waals surface area (Å²) in [6, 6.07) is 1.80. The van der Waals surface area contributed by atoms with E-state index in [9.17, 15) is 0 Å². The highest BCUT2D eigenvalue weighted by atomic mass is 79.9. The van der Waals surface area contributed by atoms with Crippen molar-refractivity contribution in [3.05, 3.63) is 21.3 Å². The Balaban J connectivity index is 2.70. The Hall–Kier alpha value is -0.810. The molecule has 2 heterocycles. The van der Waals surface area contributed by atoms with Gasteiger partial charge in [-0.05, 0) is 22.9 Å². The van der Waals surface area contributed by atoms with E-state index in [1.807, 2.05) is 18.9 Å². The van der Waals surface area contributed by atoms with Crippen LogP contribution >= 0.6 is 28.1 Å². The minimum Gasteiger partial charge on any atom is -0.458 e. The van der Waals surface area contributed by atoms with E-state index in [1.165, 1.54) is 0 Å². The summed E-state index contributed by atoms with van der Waals surface area (Å²) in [6.07, 6.45) is 1.58. The van der Waals surface area contributed by atoms with Gasteiger partial charge in [0.15, 0.2) is 17.1 Å². The number of rotatable bonds is 2. The maximum absolute atomic E-state index is 5.68. The molecule has 0 amide bonds. The van der Waals surface area contributed by atoms with Crippen LogP contribution in [-0.2, 0) is 0 Å². The van der Waals surface area contributed by atoms with E-state index >= 15 is 0 Å². The predicted octanol–water partition coefficient (Wildman–Crippen LogP) is 3.97. The maximum Gasteiger partial charge on any atom is 0.197 e. The Bertz CT molecular complexity index is 546. The van der Waals surface area contributed by atoms with Crippen molar-refractivity contribution in [3.63, 3.8) is 0 Å². The average molecular weight is 288 g/mol. The molecule has 5 heteroatoms. The van der Waals surface area contributed by atoms with Crippen LogP contribution in [0.4, 0.5) is 5.88 Å². The van der Waals surface area contributed by atoms with Gasteiger partial charge < -0.3 is 13.7 Å². The summed E-state index contributed by atoms with van der Waals surface area (Å²) in [5.41, 5.74) is 1.28.